The number of nitrogens with zero attached hydrogens (tertiary/aromatic N) is 2. The van der Waals surface area contributed by atoms with E-state index in [1.165, 1.54) is 12.0 Å². The lowest BCUT2D eigenvalue weighted by molar-refractivity contribution is -0.140. The van der Waals surface area contributed by atoms with Crippen molar-refractivity contribution in [1.29, 1.82) is 0 Å². The molecule has 0 spiro atoms. The second kappa shape index (κ2) is 9.04. The van der Waals surface area contributed by atoms with Gasteiger partial charge in [-0.15, -0.1) is 0 Å². The lowest BCUT2D eigenvalue weighted by atomic mass is 10.1. The summed E-state index contributed by atoms with van der Waals surface area (Å²) in [6.45, 7) is -0.869. The van der Waals surface area contributed by atoms with Crippen molar-refractivity contribution in [2.75, 3.05) is 30.4 Å². The summed E-state index contributed by atoms with van der Waals surface area (Å²) in [6, 6.07) is 13.5. The zero-order valence-electron chi connectivity index (χ0n) is 17.2. The van der Waals surface area contributed by atoms with Crippen molar-refractivity contribution in [3.63, 3.8) is 0 Å². The smallest absolute Gasteiger partial charge is 0.323 e. The summed E-state index contributed by atoms with van der Waals surface area (Å²) in [5.74, 6) is -2.18. The van der Waals surface area contributed by atoms with Gasteiger partial charge in [0.2, 0.25) is 5.91 Å². The SMILES string of the molecule is COc1ccc(NC(=O)CN2C(=O)C(=C3SC(=S)N(CC(=O)O)C3=O)c3ccccc32)cc1. The van der Waals surface area contributed by atoms with E-state index in [0.29, 0.717) is 22.7 Å². The summed E-state index contributed by atoms with van der Waals surface area (Å²) in [7, 11) is 1.54. The molecule has 2 aromatic rings. The fourth-order valence-electron chi connectivity index (χ4n) is 3.50. The number of thiocarbonyl (C=S) groups is 1. The molecule has 33 heavy (non-hydrogen) atoms. The number of fused-ring (bicyclic) bond motifs is 1. The first-order valence-electron chi connectivity index (χ1n) is 9.65. The van der Waals surface area contributed by atoms with E-state index in [1.54, 1.807) is 48.5 Å². The normalized spacial score (nSPS) is 17.4. The van der Waals surface area contributed by atoms with Crippen LogP contribution in [0.1, 0.15) is 5.56 Å². The van der Waals surface area contributed by atoms with E-state index in [9.17, 15) is 19.2 Å². The fourth-order valence-corrected chi connectivity index (χ4v) is 4.82. The maximum absolute atomic E-state index is 13.3. The number of carboxylic acids is 1. The summed E-state index contributed by atoms with van der Waals surface area (Å²) in [5.41, 5.74) is 1.60. The van der Waals surface area contributed by atoms with Gasteiger partial charge in [0.25, 0.3) is 11.8 Å². The van der Waals surface area contributed by atoms with Crippen molar-refractivity contribution in [3.05, 3.63) is 59.0 Å². The van der Waals surface area contributed by atoms with Crippen LogP contribution in [-0.4, -0.2) is 58.2 Å². The van der Waals surface area contributed by atoms with Crippen LogP contribution in [0, 0.1) is 0 Å². The maximum Gasteiger partial charge on any atom is 0.323 e. The number of para-hydroxylation sites is 1. The van der Waals surface area contributed by atoms with Crippen molar-refractivity contribution in [2.45, 2.75) is 0 Å². The van der Waals surface area contributed by atoms with Gasteiger partial charge in [-0.3, -0.25) is 29.0 Å². The lowest BCUT2D eigenvalue weighted by Crippen LogP contribution is -2.36. The Labute approximate surface area is 198 Å². The molecular weight excluding hydrogens is 466 g/mol. The molecule has 3 amide bonds. The third-order valence-electron chi connectivity index (χ3n) is 4.97. The number of carbonyl (C=O) groups is 4. The van der Waals surface area contributed by atoms with Gasteiger partial charge in [0.1, 0.15) is 23.2 Å². The molecule has 0 unspecified atom stereocenters. The number of methoxy groups -OCH3 is 1. The number of benzene rings is 2. The molecule has 168 valence electrons. The van der Waals surface area contributed by atoms with E-state index in [1.807, 2.05) is 0 Å². The average molecular weight is 484 g/mol. The van der Waals surface area contributed by atoms with E-state index >= 15 is 0 Å². The third kappa shape index (κ3) is 4.32. The van der Waals surface area contributed by atoms with Crippen LogP contribution in [-0.2, 0) is 19.2 Å². The van der Waals surface area contributed by atoms with Crippen LogP contribution in [0.5, 0.6) is 5.75 Å². The molecule has 9 nitrogen and oxygen atoms in total. The fraction of sp³-hybridized carbons (Fsp3) is 0.136. The van der Waals surface area contributed by atoms with Crippen LogP contribution in [0.2, 0.25) is 0 Å². The second-order valence-corrected chi connectivity index (χ2v) is 8.69. The van der Waals surface area contributed by atoms with E-state index in [0.717, 1.165) is 16.7 Å². The molecule has 0 bridgehead atoms. The second-order valence-electron chi connectivity index (χ2n) is 7.04. The van der Waals surface area contributed by atoms with Crippen molar-refractivity contribution in [3.8, 4) is 5.75 Å². The first-order valence-corrected chi connectivity index (χ1v) is 10.9. The van der Waals surface area contributed by atoms with Gasteiger partial charge in [-0.25, -0.2) is 0 Å². The predicted octanol–water partition coefficient (Wildman–Crippen LogP) is 2.34. The van der Waals surface area contributed by atoms with Crippen molar-refractivity contribution in [2.24, 2.45) is 0 Å². The molecular formula is C22H17N3O6S2. The highest BCUT2D eigenvalue weighted by atomic mass is 32.2. The Morgan fingerprint density at radius 3 is 2.39 bits per heavy atom. The van der Waals surface area contributed by atoms with Crippen molar-refractivity contribution >= 4 is 68.9 Å². The highest BCUT2D eigenvalue weighted by Gasteiger charge is 2.42. The van der Waals surface area contributed by atoms with Crippen LogP contribution in [0.4, 0.5) is 11.4 Å². The molecule has 0 radical (unpaired) electrons. The maximum atomic E-state index is 13.3. The first kappa shape index (κ1) is 22.5. The molecule has 2 aliphatic rings. The Bertz CT molecular complexity index is 1220. The standard InChI is InChI=1S/C22H17N3O6S2/c1-31-13-8-6-12(7-9-13)23-16(26)10-24-15-5-3-2-4-14(15)18(20(24)29)19-21(30)25(11-17(27)28)22(32)33-19/h2-9H,10-11H2,1H3,(H,23,26)(H,27,28). The van der Waals surface area contributed by atoms with Crippen LogP contribution in [0.25, 0.3) is 5.57 Å². The lowest BCUT2D eigenvalue weighted by Gasteiger charge is -2.17. The minimum atomic E-state index is -1.22. The van der Waals surface area contributed by atoms with E-state index in [-0.39, 0.29) is 21.3 Å². The topological polar surface area (TPSA) is 116 Å². The van der Waals surface area contributed by atoms with E-state index < -0.39 is 30.2 Å². The summed E-state index contributed by atoms with van der Waals surface area (Å²) in [5, 5.41) is 11.8. The Morgan fingerprint density at radius 1 is 1.03 bits per heavy atom. The van der Waals surface area contributed by atoms with Crippen LogP contribution >= 0.6 is 24.0 Å². The minimum Gasteiger partial charge on any atom is -0.497 e. The van der Waals surface area contributed by atoms with Crippen LogP contribution in [0.15, 0.2) is 53.4 Å². The van der Waals surface area contributed by atoms with E-state index in [4.69, 9.17) is 22.1 Å². The van der Waals surface area contributed by atoms with Gasteiger partial charge < -0.3 is 15.2 Å². The number of hydrogen-bond acceptors (Lipinski definition) is 7. The zero-order chi connectivity index (χ0) is 23.7. The van der Waals surface area contributed by atoms with E-state index in [2.05, 4.69) is 5.32 Å². The van der Waals surface area contributed by atoms with Crippen LogP contribution < -0.4 is 15.0 Å². The summed E-state index contributed by atoms with van der Waals surface area (Å²) >= 11 is 6.03. The summed E-state index contributed by atoms with van der Waals surface area (Å²) in [4.78, 5) is 52.2. The Morgan fingerprint density at radius 2 is 1.73 bits per heavy atom. The molecule has 0 aromatic heterocycles. The first-order chi connectivity index (χ1) is 15.8. The minimum absolute atomic E-state index is 0.0526. The predicted molar refractivity (Wildman–Crippen MR) is 127 cm³/mol. The third-order valence-corrected chi connectivity index (χ3v) is 6.42. The number of carboxylic acid groups (broad SMARTS) is 1. The largest absolute Gasteiger partial charge is 0.497 e. The molecule has 0 atom stereocenters. The van der Waals surface area contributed by atoms with Gasteiger partial charge in [0, 0.05) is 11.3 Å². The molecule has 1 saturated heterocycles. The van der Waals surface area contributed by atoms with Gasteiger partial charge in [-0.1, -0.05) is 42.2 Å². The Hall–Kier alpha value is -3.70. The molecule has 0 saturated carbocycles. The molecule has 0 aliphatic carbocycles. The average Bonchev–Trinajstić information content (AvgIpc) is 3.21. The molecule has 2 heterocycles. The molecule has 4 rings (SSSR count). The number of thioether (sulfide) groups is 1. The Kier molecular flexibility index (Phi) is 6.16. The number of anilines is 2. The van der Waals surface area contributed by atoms with Gasteiger partial charge in [0.15, 0.2) is 0 Å². The van der Waals surface area contributed by atoms with Gasteiger partial charge in [-0.2, -0.15) is 0 Å². The highest BCUT2D eigenvalue weighted by molar-refractivity contribution is 8.26. The quantitative estimate of drug-likeness (QED) is 0.475. The highest BCUT2D eigenvalue weighted by Crippen LogP contribution is 2.44. The van der Waals surface area contributed by atoms with Gasteiger partial charge >= 0.3 is 5.97 Å². The number of hydrogen-bond donors (Lipinski definition) is 2. The van der Waals surface area contributed by atoms with Crippen molar-refractivity contribution < 1.29 is 29.0 Å². The molecule has 2 N–H and O–H groups in total. The van der Waals surface area contributed by atoms with Crippen LogP contribution in [0.3, 0.4) is 0 Å². The Balaban J connectivity index is 1.61. The summed E-state index contributed by atoms with van der Waals surface area (Å²) in [6.07, 6.45) is 0. The number of rotatable bonds is 6. The van der Waals surface area contributed by atoms with Gasteiger partial charge in [0.05, 0.1) is 23.3 Å². The number of carbonyl (C=O) groups excluding carboxylic acids is 3. The monoisotopic (exact) mass is 483 g/mol. The molecule has 2 aliphatic heterocycles. The summed E-state index contributed by atoms with van der Waals surface area (Å²) < 4.78 is 5.16. The number of nitrogens with one attached hydrogen (secondary N) is 1. The zero-order valence-corrected chi connectivity index (χ0v) is 18.9. The number of ether oxygens (including phenoxy) is 1. The molecule has 2 aromatic carbocycles. The molecule has 1 fully saturated rings. The molecule has 11 heteroatoms. The number of aliphatic carboxylic acids is 1. The number of amides is 3. The van der Waals surface area contributed by atoms with Gasteiger partial charge in [-0.05, 0) is 30.3 Å². The van der Waals surface area contributed by atoms with Crippen molar-refractivity contribution in [1.82, 2.24) is 4.90 Å².